The minimum atomic E-state index is -0.858. The molecule has 1 unspecified atom stereocenters. The van der Waals surface area contributed by atoms with Gasteiger partial charge in [-0.3, -0.25) is 4.79 Å². The summed E-state index contributed by atoms with van der Waals surface area (Å²) in [4.78, 5) is 25.2. The zero-order valence-electron chi connectivity index (χ0n) is 13.5. The lowest BCUT2D eigenvalue weighted by atomic mass is 9.77. The Bertz CT molecular complexity index is 549. The van der Waals surface area contributed by atoms with E-state index >= 15 is 0 Å². The summed E-state index contributed by atoms with van der Waals surface area (Å²) in [5, 5.41) is 9.21. The zero-order valence-corrected chi connectivity index (χ0v) is 13.5. The molecule has 1 aliphatic heterocycles. The molecule has 0 spiro atoms. The molecule has 0 aromatic heterocycles. The van der Waals surface area contributed by atoms with Crippen molar-refractivity contribution in [3.63, 3.8) is 0 Å². The Kier molecular flexibility index (Phi) is 4.99. The summed E-state index contributed by atoms with van der Waals surface area (Å²) in [6.45, 7) is 0.606. The third-order valence-electron chi connectivity index (χ3n) is 5.44. The van der Waals surface area contributed by atoms with Crippen molar-refractivity contribution < 1.29 is 14.7 Å². The van der Waals surface area contributed by atoms with Gasteiger partial charge in [0.1, 0.15) is 6.04 Å². The largest absolute Gasteiger partial charge is 0.480 e. The Morgan fingerprint density at radius 1 is 1.04 bits per heavy atom. The van der Waals surface area contributed by atoms with Gasteiger partial charge in [0, 0.05) is 13.0 Å². The van der Waals surface area contributed by atoms with Crippen LogP contribution in [0.15, 0.2) is 30.3 Å². The van der Waals surface area contributed by atoms with Gasteiger partial charge in [-0.25, -0.2) is 4.79 Å². The Labute approximate surface area is 137 Å². The van der Waals surface area contributed by atoms with Gasteiger partial charge in [-0.15, -0.1) is 0 Å². The highest BCUT2D eigenvalue weighted by molar-refractivity contribution is 5.84. The molecule has 1 atom stereocenters. The monoisotopic (exact) mass is 315 g/mol. The van der Waals surface area contributed by atoms with E-state index in [0.29, 0.717) is 31.2 Å². The van der Waals surface area contributed by atoms with E-state index in [2.05, 4.69) is 24.3 Å². The smallest absolute Gasteiger partial charge is 0.326 e. The van der Waals surface area contributed by atoms with Gasteiger partial charge in [-0.1, -0.05) is 30.3 Å². The maximum atomic E-state index is 12.4. The number of carboxylic acids is 1. The van der Waals surface area contributed by atoms with E-state index in [4.69, 9.17) is 0 Å². The molecule has 1 heterocycles. The lowest BCUT2D eigenvalue weighted by molar-refractivity contribution is -0.148. The first kappa shape index (κ1) is 16.0. The van der Waals surface area contributed by atoms with Crippen molar-refractivity contribution >= 4 is 11.9 Å². The second-order valence-electron chi connectivity index (χ2n) is 6.92. The van der Waals surface area contributed by atoms with E-state index in [-0.39, 0.29) is 5.91 Å². The molecule has 1 saturated heterocycles. The molecule has 1 N–H and O–H groups in total. The molecule has 2 fully saturated rings. The maximum absolute atomic E-state index is 12.4. The van der Waals surface area contributed by atoms with Crippen molar-refractivity contribution in [2.45, 2.75) is 56.9 Å². The van der Waals surface area contributed by atoms with Crippen LogP contribution in [0.4, 0.5) is 0 Å². The highest BCUT2D eigenvalue weighted by atomic mass is 16.4. The normalized spacial score (nSPS) is 27.8. The molecule has 0 radical (unpaired) electrons. The molecule has 4 nitrogen and oxygen atoms in total. The van der Waals surface area contributed by atoms with Crippen molar-refractivity contribution in [2.75, 3.05) is 6.54 Å². The van der Waals surface area contributed by atoms with Crippen LogP contribution in [0, 0.1) is 5.92 Å². The van der Waals surface area contributed by atoms with Gasteiger partial charge in [0.2, 0.25) is 5.91 Å². The predicted molar refractivity (Wildman–Crippen MR) is 88.1 cm³/mol. The number of carboxylic acid groups (broad SMARTS) is 1. The number of likely N-dealkylation sites (tertiary alicyclic amines) is 1. The molecule has 0 bridgehead atoms. The summed E-state index contributed by atoms with van der Waals surface area (Å²) in [5.74, 6) is 0.209. The van der Waals surface area contributed by atoms with Crippen LogP contribution in [-0.4, -0.2) is 34.5 Å². The zero-order chi connectivity index (χ0) is 16.2. The summed E-state index contributed by atoms with van der Waals surface area (Å²) < 4.78 is 0. The van der Waals surface area contributed by atoms with Crippen molar-refractivity contribution in [1.29, 1.82) is 0 Å². The van der Waals surface area contributed by atoms with Gasteiger partial charge < -0.3 is 10.0 Å². The third kappa shape index (κ3) is 3.74. The van der Waals surface area contributed by atoms with Crippen LogP contribution in [0.5, 0.6) is 0 Å². The van der Waals surface area contributed by atoms with Gasteiger partial charge in [0.15, 0.2) is 0 Å². The van der Waals surface area contributed by atoms with Gasteiger partial charge >= 0.3 is 5.97 Å². The number of nitrogens with zero attached hydrogens (tertiary/aromatic N) is 1. The molecule has 1 aliphatic carbocycles. The Balaban J connectivity index is 1.51. The molecular formula is C19H25NO3. The summed E-state index contributed by atoms with van der Waals surface area (Å²) in [5.41, 5.74) is 1.41. The van der Waals surface area contributed by atoms with Crippen molar-refractivity contribution in [3.05, 3.63) is 35.9 Å². The van der Waals surface area contributed by atoms with Crippen LogP contribution in [0.2, 0.25) is 0 Å². The number of hydrogen-bond donors (Lipinski definition) is 1. The van der Waals surface area contributed by atoms with E-state index < -0.39 is 12.0 Å². The SMILES string of the molecule is O=C(O)C1CCCN1C(=O)CC1CCC(c2ccccc2)CC1. The predicted octanol–water partition coefficient (Wildman–Crippen LogP) is 3.43. The van der Waals surface area contributed by atoms with E-state index in [0.717, 1.165) is 32.1 Å². The average molecular weight is 315 g/mol. The number of carbonyl (C=O) groups is 2. The van der Waals surface area contributed by atoms with Gasteiger partial charge in [0.25, 0.3) is 0 Å². The van der Waals surface area contributed by atoms with Crippen LogP contribution in [0.3, 0.4) is 0 Å². The highest BCUT2D eigenvalue weighted by Crippen LogP contribution is 2.37. The van der Waals surface area contributed by atoms with Crippen molar-refractivity contribution in [3.8, 4) is 0 Å². The second-order valence-corrected chi connectivity index (χ2v) is 6.92. The summed E-state index contributed by atoms with van der Waals surface area (Å²) in [7, 11) is 0. The van der Waals surface area contributed by atoms with E-state index in [1.165, 1.54) is 5.56 Å². The number of amides is 1. The maximum Gasteiger partial charge on any atom is 0.326 e. The van der Waals surface area contributed by atoms with Crippen LogP contribution >= 0.6 is 0 Å². The minimum absolute atomic E-state index is 0.0399. The lowest BCUT2D eigenvalue weighted by Crippen LogP contribution is -2.41. The van der Waals surface area contributed by atoms with Crippen LogP contribution < -0.4 is 0 Å². The fraction of sp³-hybridized carbons (Fsp3) is 0.579. The van der Waals surface area contributed by atoms with Gasteiger partial charge in [-0.2, -0.15) is 0 Å². The fourth-order valence-electron chi connectivity index (χ4n) is 4.11. The molecule has 2 aliphatic rings. The number of hydrogen-bond acceptors (Lipinski definition) is 2. The minimum Gasteiger partial charge on any atom is -0.480 e. The third-order valence-corrected chi connectivity index (χ3v) is 5.44. The first-order valence-corrected chi connectivity index (χ1v) is 8.72. The number of rotatable bonds is 4. The van der Waals surface area contributed by atoms with Crippen molar-refractivity contribution in [2.24, 2.45) is 5.92 Å². The molecule has 1 saturated carbocycles. The van der Waals surface area contributed by atoms with Crippen LogP contribution in [0.25, 0.3) is 0 Å². The van der Waals surface area contributed by atoms with Gasteiger partial charge in [0.05, 0.1) is 0 Å². The highest BCUT2D eigenvalue weighted by Gasteiger charge is 2.35. The summed E-state index contributed by atoms with van der Waals surface area (Å²) in [6, 6.07) is 10.0. The van der Waals surface area contributed by atoms with E-state index in [9.17, 15) is 14.7 Å². The Morgan fingerprint density at radius 2 is 1.74 bits per heavy atom. The Hall–Kier alpha value is -1.84. The molecule has 1 amide bonds. The van der Waals surface area contributed by atoms with E-state index in [1.54, 1.807) is 4.90 Å². The molecule has 1 aromatic carbocycles. The molecular weight excluding hydrogens is 290 g/mol. The van der Waals surface area contributed by atoms with Crippen LogP contribution in [0.1, 0.15) is 56.4 Å². The first-order valence-electron chi connectivity index (χ1n) is 8.72. The average Bonchev–Trinajstić information content (AvgIpc) is 3.06. The first-order chi connectivity index (χ1) is 11.1. The number of aliphatic carboxylic acids is 1. The van der Waals surface area contributed by atoms with E-state index in [1.807, 2.05) is 6.07 Å². The summed E-state index contributed by atoms with van der Waals surface area (Å²) in [6.07, 6.45) is 6.32. The van der Waals surface area contributed by atoms with Crippen LogP contribution in [-0.2, 0) is 9.59 Å². The van der Waals surface area contributed by atoms with Crippen molar-refractivity contribution in [1.82, 2.24) is 4.90 Å². The molecule has 3 rings (SSSR count). The summed E-state index contributed by atoms with van der Waals surface area (Å²) >= 11 is 0. The lowest BCUT2D eigenvalue weighted by Gasteiger charge is -2.30. The van der Waals surface area contributed by atoms with Gasteiger partial charge in [-0.05, 0) is 55.9 Å². The fourth-order valence-corrected chi connectivity index (χ4v) is 4.11. The standard InChI is InChI=1S/C19H25NO3/c21-18(20-12-4-7-17(20)19(22)23)13-14-8-10-16(11-9-14)15-5-2-1-3-6-15/h1-3,5-6,14,16-17H,4,7-13H2,(H,22,23). The number of benzene rings is 1. The topological polar surface area (TPSA) is 57.6 Å². The molecule has 4 heteroatoms. The molecule has 124 valence electrons. The molecule has 23 heavy (non-hydrogen) atoms. The molecule has 1 aromatic rings. The Morgan fingerprint density at radius 3 is 2.39 bits per heavy atom. The second kappa shape index (κ2) is 7.16. The number of carbonyl (C=O) groups excluding carboxylic acids is 1. The quantitative estimate of drug-likeness (QED) is 0.926.